The van der Waals surface area contributed by atoms with Gasteiger partial charge in [0.2, 0.25) is 0 Å². The summed E-state index contributed by atoms with van der Waals surface area (Å²) < 4.78 is 0. The number of benzene rings is 2. The van der Waals surface area contributed by atoms with E-state index in [1.165, 1.54) is 21.9 Å². The molecule has 1 N–H and O–H groups in total. The first kappa shape index (κ1) is 17.9. The zero-order valence-electron chi connectivity index (χ0n) is 15.8. The Hall–Kier alpha value is -1.90. The van der Waals surface area contributed by atoms with Gasteiger partial charge in [0.15, 0.2) is 8.24 Å². The Kier molecular flexibility index (Phi) is 4.85. The maximum absolute atomic E-state index is 4.06. The van der Waals surface area contributed by atoms with E-state index in [4.69, 9.17) is 0 Å². The molecule has 25 heavy (non-hydrogen) atoms. The van der Waals surface area contributed by atoms with Gasteiger partial charge in [-0.3, -0.25) is 0 Å². The van der Waals surface area contributed by atoms with Crippen molar-refractivity contribution in [3.63, 3.8) is 0 Å². The Bertz CT molecular complexity index is 785. The van der Waals surface area contributed by atoms with Crippen molar-refractivity contribution in [2.75, 3.05) is 0 Å². The lowest BCUT2D eigenvalue weighted by molar-refractivity contribution is 0.511. The molecule has 0 bridgehead atoms. The average Bonchev–Trinajstić information content (AvgIpc) is 2.94. The first-order valence-electron chi connectivity index (χ1n) is 9.11. The highest BCUT2D eigenvalue weighted by atomic mass is 28.3. The summed E-state index contributed by atoms with van der Waals surface area (Å²) in [5.41, 5.74) is 4.79. The summed E-state index contributed by atoms with van der Waals surface area (Å²) >= 11 is 0. The van der Waals surface area contributed by atoms with Crippen molar-refractivity contribution in [3.05, 3.63) is 84.5 Å². The fourth-order valence-electron chi connectivity index (χ4n) is 4.15. The number of allylic oxidation sites excluding steroid dienone is 3. The van der Waals surface area contributed by atoms with E-state index in [2.05, 4.69) is 99.6 Å². The number of rotatable bonds is 5. The molecule has 3 rings (SSSR count). The fraction of sp³-hybridized carbons (Fsp3) is 0.304. The van der Waals surface area contributed by atoms with Gasteiger partial charge in [-0.2, -0.15) is 0 Å². The molecule has 0 aliphatic heterocycles. The fourth-order valence-corrected chi connectivity index (χ4v) is 8.66. The van der Waals surface area contributed by atoms with Crippen LogP contribution in [0.3, 0.4) is 0 Å². The third-order valence-corrected chi connectivity index (χ3v) is 9.53. The van der Waals surface area contributed by atoms with Crippen LogP contribution in [0.5, 0.6) is 0 Å². The van der Waals surface area contributed by atoms with Crippen LogP contribution in [0.15, 0.2) is 73.3 Å². The highest BCUT2D eigenvalue weighted by Crippen LogP contribution is 2.42. The first-order chi connectivity index (χ1) is 11.8. The van der Waals surface area contributed by atoms with Crippen molar-refractivity contribution in [2.45, 2.75) is 44.8 Å². The smallest absolute Gasteiger partial charge is 0.166 e. The number of hydrogen-bond acceptors (Lipinski definition) is 1. The molecule has 2 aromatic carbocycles. The van der Waals surface area contributed by atoms with Gasteiger partial charge in [-0.1, -0.05) is 73.3 Å². The SMILES string of the molecule is C=CCC1=CC([Si](C)(NC(C)(C)C)c2ccccc2)c2ccccc21. The average molecular weight is 348 g/mol. The predicted octanol–water partition coefficient (Wildman–Crippen LogP) is 5.15. The number of fused-ring (bicyclic) bond motifs is 1. The van der Waals surface area contributed by atoms with E-state index in [0.717, 1.165) is 6.42 Å². The van der Waals surface area contributed by atoms with Crippen molar-refractivity contribution < 1.29 is 0 Å². The van der Waals surface area contributed by atoms with Crippen LogP contribution < -0.4 is 10.2 Å². The van der Waals surface area contributed by atoms with Gasteiger partial charge >= 0.3 is 0 Å². The third-order valence-electron chi connectivity index (χ3n) is 5.00. The molecule has 130 valence electrons. The normalized spacial score (nSPS) is 19.0. The van der Waals surface area contributed by atoms with Crippen molar-refractivity contribution >= 4 is 19.0 Å². The van der Waals surface area contributed by atoms with E-state index in [0.29, 0.717) is 5.54 Å². The lowest BCUT2D eigenvalue weighted by atomic mass is 10.0. The van der Waals surface area contributed by atoms with Crippen LogP contribution in [-0.4, -0.2) is 13.8 Å². The quantitative estimate of drug-likeness (QED) is 0.582. The molecule has 0 saturated heterocycles. The molecule has 1 aliphatic rings. The Morgan fingerprint density at radius 2 is 1.68 bits per heavy atom. The first-order valence-corrected chi connectivity index (χ1v) is 11.7. The predicted molar refractivity (Wildman–Crippen MR) is 113 cm³/mol. The van der Waals surface area contributed by atoms with Gasteiger partial charge in [0.1, 0.15) is 0 Å². The van der Waals surface area contributed by atoms with Crippen molar-refractivity contribution in [3.8, 4) is 0 Å². The molecule has 0 fully saturated rings. The highest BCUT2D eigenvalue weighted by molar-refractivity contribution is 6.90. The van der Waals surface area contributed by atoms with E-state index in [1.807, 2.05) is 6.08 Å². The highest BCUT2D eigenvalue weighted by Gasteiger charge is 2.44. The zero-order chi connectivity index (χ0) is 18.1. The summed E-state index contributed by atoms with van der Waals surface area (Å²) in [6, 6.07) is 19.9. The molecular formula is C23H29NSi. The van der Waals surface area contributed by atoms with E-state index in [1.54, 1.807) is 0 Å². The van der Waals surface area contributed by atoms with E-state index in [9.17, 15) is 0 Å². The maximum Gasteiger partial charge on any atom is 0.166 e. The van der Waals surface area contributed by atoms with E-state index in [-0.39, 0.29) is 5.54 Å². The monoisotopic (exact) mass is 347 g/mol. The van der Waals surface area contributed by atoms with Crippen LogP contribution in [0.1, 0.15) is 43.9 Å². The molecular weight excluding hydrogens is 318 g/mol. The Balaban J connectivity index is 2.15. The van der Waals surface area contributed by atoms with Crippen LogP contribution in [0, 0.1) is 0 Å². The van der Waals surface area contributed by atoms with Gasteiger partial charge in [-0.25, -0.2) is 0 Å². The van der Waals surface area contributed by atoms with Crippen LogP contribution >= 0.6 is 0 Å². The molecule has 0 amide bonds. The topological polar surface area (TPSA) is 12.0 Å². The third kappa shape index (κ3) is 3.56. The zero-order valence-corrected chi connectivity index (χ0v) is 16.8. The number of nitrogens with one attached hydrogen (secondary N) is 1. The molecule has 2 atom stereocenters. The Morgan fingerprint density at radius 1 is 1.04 bits per heavy atom. The summed E-state index contributed by atoms with van der Waals surface area (Å²) in [6.07, 6.45) is 5.45. The van der Waals surface area contributed by atoms with Crippen LogP contribution in [-0.2, 0) is 0 Å². The molecule has 2 heteroatoms. The molecule has 0 saturated carbocycles. The van der Waals surface area contributed by atoms with Gasteiger partial charge in [-0.15, -0.1) is 6.58 Å². The lowest BCUT2D eigenvalue weighted by Crippen LogP contribution is -2.66. The molecule has 0 aromatic heterocycles. The minimum Gasteiger partial charge on any atom is -0.329 e. The molecule has 0 heterocycles. The molecule has 1 aliphatic carbocycles. The van der Waals surface area contributed by atoms with Crippen LogP contribution in [0.4, 0.5) is 0 Å². The second kappa shape index (κ2) is 6.78. The summed E-state index contributed by atoms with van der Waals surface area (Å²) in [7, 11) is -2.01. The summed E-state index contributed by atoms with van der Waals surface area (Å²) in [5, 5.41) is 1.46. The van der Waals surface area contributed by atoms with Crippen molar-refractivity contribution in [1.29, 1.82) is 0 Å². The largest absolute Gasteiger partial charge is 0.329 e. The summed E-state index contributed by atoms with van der Waals surface area (Å²) in [5.74, 6) is 0. The lowest BCUT2D eigenvalue weighted by Gasteiger charge is -2.40. The van der Waals surface area contributed by atoms with E-state index >= 15 is 0 Å². The molecule has 0 spiro atoms. The van der Waals surface area contributed by atoms with E-state index < -0.39 is 8.24 Å². The second-order valence-electron chi connectivity index (χ2n) is 8.19. The van der Waals surface area contributed by atoms with Gasteiger partial charge in [-0.05, 0) is 49.1 Å². The van der Waals surface area contributed by atoms with Crippen LogP contribution in [0.25, 0.3) is 5.57 Å². The minimum atomic E-state index is -2.01. The van der Waals surface area contributed by atoms with Gasteiger partial charge < -0.3 is 4.98 Å². The maximum atomic E-state index is 4.06. The Labute approximate surface area is 153 Å². The summed E-state index contributed by atoms with van der Waals surface area (Å²) in [4.78, 5) is 4.06. The standard InChI is InChI=1S/C23H29NSi/c1-6-12-18-17-22(21-16-11-10-15-20(18)21)25(5,24-23(2,3)4)19-13-8-7-9-14-19/h6-11,13-17,22,24H,1,12H2,2-5H3. The second-order valence-corrected chi connectivity index (χ2v) is 12.0. The molecule has 2 aromatic rings. The molecule has 1 nitrogen and oxygen atoms in total. The molecule has 2 unspecified atom stereocenters. The number of hydrogen-bond donors (Lipinski definition) is 1. The van der Waals surface area contributed by atoms with Gasteiger partial charge in [0.25, 0.3) is 0 Å². The van der Waals surface area contributed by atoms with Gasteiger partial charge in [0, 0.05) is 11.1 Å². The minimum absolute atomic E-state index is 0.0702. The van der Waals surface area contributed by atoms with Crippen molar-refractivity contribution in [1.82, 2.24) is 4.98 Å². The molecule has 0 radical (unpaired) electrons. The van der Waals surface area contributed by atoms with Gasteiger partial charge in [0.05, 0.1) is 0 Å². The van der Waals surface area contributed by atoms with Crippen LogP contribution in [0.2, 0.25) is 6.55 Å². The van der Waals surface area contributed by atoms with Crippen molar-refractivity contribution in [2.24, 2.45) is 0 Å². The Morgan fingerprint density at radius 3 is 2.32 bits per heavy atom. The summed E-state index contributed by atoms with van der Waals surface area (Å²) in [6.45, 7) is 13.3.